The molecule has 2 aromatic rings. The zero-order chi connectivity index (χ0) is 40.4. The molecule has 4 aliphatic heterocycles. The molecule has 6 rings (SSSR count). The van der Waals surface area contributed by atoms with Crippen molar-refractivity contribution in [3.8, 4) is 23.0 Å². The van der Waals surface area contributed by atoms with Crippen LogP contribution in [-0.4, -0.2) is 151 Å². The average molecular weight is 793 g/mol. The van der Waals surface area contributed by atoms with Gasteiger partial charge in [0.2, 0.25) is 18.9 Å². The molecule has 0 amide bonds. The Morgan fingerprint density at radius 3 is 2.21 bits per heavy atom. The van der Waals surface area contributed by atoms with E-state index < -0.39 is 145 Å². The Balaban J connectivity index is 1.22. The minimum absolute atomic E-state index is 0.0955. The third kappa shape index (κ3) is 7.96. The van der Waals surface area contributed by atoms with Crippen LogP contribution in [0.4, 0.5) is 0 Å². The molecule has 0 aliphatic carbocycles. The summed E-state index contributed by atoms with van der Waals surface area (Å²) in [6.45, 7) is 2.30. The van der Waals surface area contributed by atoms with Crippen molar-refractivity contribution >= 4 is 17.9 Å². The van der Waals surface area contributed by atoms with Crippen LogP contribution in [0.25, 0.3) is 0 Å². The van der Waals surface area contributed by atoms with Crippen molar-refractivity contribution in [1.29, 1.82) is 0 Å². The fourth-order valence-electron chi connectivity index (χ4n) is 6.64. The molecule has 56 heavy (non-hydrogen) atoms. The summed E-state index contributed by atoms with van der Waals surface area (Å²) in [5.74, 6) is -7.01. The number of ether oxygens (including phenoxy) is 8. The number of carbonyl (C=O) groups is 3. The molecule has 9 N–H and O–H groups in total. The minimum Gasteiger partial charge on any atom is -0.504 e. The minimum atomic E-state index is -2.02. The fraction of sp³-hybridized carbons (Fsp3) is 0.472. The van der Waals surface area contributed by atoms with E-state index in [1.165, 1.54) is 18.2 Å². The summed E-state index contributed by atoms with van der Waals surface area (Å²) in [6, 6.07) is 6.95. The van der Waals surface area contributed by atoms with Crippen molar-refractivity contribution in [1.82, 2.24) is 0 Å². The normalized spacial score (nSPS) is 34.1. The lowest BCUT2D eigenvalue weighted by Gasteiger charge is -2.44. The molecule has 0 aromatic heterocycles. The number of benzene rings is 2. The van der Waals surface area contributed by atoms with Crippen LogP contribution < -0.4 is 4.74 Å². The largest absolute Gasteiger partial charge is 0.504 e. The van der Waals surface area contributed by atoms with Gasteiger partial charge in [0.1, 0.15) is 60.5 Å². The highest BCUT2D eigenvalue weighted by Gasteiger charge is 2.51. The summed E-state index contributed by atoms with van der Waals surface area (Å²) in [5, 5.41) is 93.4. The number of rotatable bonds is 11. The quantitative estimate of drug-likeness (QED) is 0.0537. The van der Waals surface area contributed by atoms with Gasteiger partial charge in [-0.15, -0.1) is 6.58 Å². The Morgan fingerprint density at radius 1 is 0.821 bits per heavy atom. The van der Waals surface area contributed by atoms with E-state index in [0.29, 0.717) is 6.42 Å². The van der Waals surface area contributed by atoms with Gasteiger partial charge < -0.3 is 83.9 Å². The summed E-state index contributed by atoms with van der Waals surface area (Å²) in [6.07, 6.45) is -16.2. The Morgan fingerprint density at radius 2 is 1.50 bits per heavy atom. The lowest BCUT2D eigenvalue weighted by Crippen LogP contribution is -2.61. The summed E-state index contributed by atoms with van der Waals surface area (Å²) < 4.78 is 44.4. The van der Waals surface area contributed by atoms with Gasteiger partial charge in [0, 0.05) is 11.8 Å². The topological polar surface area (TPSA) is 307 Å². The Hall–Kier alpha value is -5.03. The molecule has 3 fully saturated rings. The summed E-state index contributed by atoms with van der Waals surface area (Å²) >= 11 is 0. The SMILES string of the molecule is C=C[C@H]1[C@H](O[C@@H]2O[C@H](COC(=O)c3cccc(O)c3O[C@@H]3O[C@H](CO)[C@@H](O)[C@H](O)[C@H]3O)[C@@H](O)[C@H](O)[C@H]2OC(=O)c2cccc(O)c2O)OC=C2C(=O)OCC[C@H]21. The number of fused-ring (bicyclic) bond motifs is 1. The van der Waals surface area contributed by atoms with E-state index in [1.807, 2.05) is 0 Å². The Bertz CT molecular complexity index is 1810. The van der Waals surface area contributed by atoms with E-state index in [1.54, 1.807) is 0 Å². The van der Waals surface area contributed by atoms with Crippen LogP contribution in [0.3, 0.4) is 0 Å². The third-order valence-corrected chi connectivity index (χ3v) is 9.74. The van der Waals surface area contributed by atoms with E-state index in [9.17, 15) is 60.3 Å². The number of aliphatic hydroxyl groups is 6. The number of hydrogen-bond donors (Lipinski definition) is 9. The molecule has 0 unspecified atom stereocenters. The molecule has 0 spiro atoms. The molecule has 4 aliphatic rings. The van der Waals surface area contributed by atoms with Gasteiger partial charge in [0.15, 0.2) is 29.1 Å². The zero-order valence-corrected chi connectivity index (χ0v) is 29.2. The van der Waals surface area contributed by atoms with Crippen LogP contribution in [-0.2, 0) is 38.0 Å². The highest BCUT2D eigenvalue weighted by atomic mass is 16.8. The van der Waals surface area contributed by atoms with Crippen molar-refractivity contribution in [2.45, 2.75) is 74.1 Å². The predicted octanol–water partition coefficient (Wildman–Crippen LogP) is -1.57. The molecular weight excluding hydrogens is 752 g/mol. The number of aromatic hydroxyl groups is 3. The first-order valence-corrected chi connectivity index (χ1v) is 17.3. The molecule has 20 heteroatoms. The van der Waals surface area contributed by atoms with Crippen LogP contribution in [0.15, 0.2) is 60.9 Å². The van der Waals surface area contributed by atoms with Gasteiger partial charge in [-0.05, 0) is 30.7 Å². The maximum Gasteiger partial charge on any atom is 0.342 e. The number of phenols is 3. The molecule has 2 aromatic carbocycles. The summed E-state index contributed by atoms with van der Waals surface area (Å²) in [7, 11) is 0. The second-order valence-corrected chi connectivity index (χ2v) is 13.2. The number of aliphatic hydroxyl groups excluding tert-OH is 6. The van der Waals surface area contributed by atoms with E-state index in [4.69, 9.17) is 37.9 Å². The highest BCUT2D eigenvalue weighted by Crippen LogP contribution is 2.40. The van der Waals surface area contributed by atoms with E-state index in [-0.39, 0.29) is 12.2 Å². The van der Waals surface area contributed by atoms with Crippen LogP contribution in [0.1, 0.15) is 27.1 Å². The monoisotopic (exact) mass is 792 g/mol. The molecule has 13 atom stereocenters. The van der Waals surface area contributed by atoms with Crippen molar-refractivity contribution in [2.75, 3.05) is 19.8 Å². The molecular formula is C36H40O20. The second-order valence-electron chi connectivity index (χ2n) is 13.2. The molecule has 3 saturated heterocycles. The van der Waals surface area contributed by atoms with Gasteiger partial charge in [-0.25, -0.2) is 14.4 Å². The maximum absolute atomic E-state index is 13.4. The van der Waals surface area contributed by atoms with Crippen molar-refractivity contribution in [3.63, 3.8) is 0 Å². The maximum atomic E-state index is 13.4. The van der Waals surface area contributed by atoms with Gasteiger partial charge in [-0.1, -0.05) is 18.2 Å². The first-order chi connectivity index (χ1) is 26.7. The van der Waals surface area contributed by atoms with Crippen molar-refractivity contribution in [2.24, 2.45) is 11.8 Å². The molecule has 0 radical (unpaired) electrons. The second kappa shape index (κ2) is 17.0. The first-order valence-electron chi connectivity index (χ1n) is 17.3. The van der Waals surface area contributed by atoms with Gasteiger partial charge in [0.05, 0.1) is 25.0 Å². The molecule has 0 bridgehead atoms. The van der Waals surface area contributed by atoms with Crippen LogP contribution >= 0.6 is 0 Å². The van der Waals surface area contributed by atoms with E-state index >= 15 is 0 Å². The van der Waals surface area contributed by atoms with Crippen molar-refractivity contribution < 1.29 is 98.2 Å². The molecule has 304 valence electrons. The standard InChI is InChI=1S/C36H40O20/c1-2-14-15-9-10-49-32(47)18(15)12-51-34(14)56-36-30(54-33(48)16-5-3-7-19(38)23(16)40)27(44)25(42)22(53-36)13-50-31(46)17-6-4-8-20(39)29(17)55-35-28(45)26(43)24(41)21(11-37)52-35/h2-8,12,14-15,21-22,24-28,30,34-45H,1,9-11,13H2/t14-,15+,21-,22-,24-,25-,26+,27+,28-,30-,34+,35+,36+/m1/s1. The van der Waals surface area contributed by atoms with Gasteiger partial charge in [0.25, 0.3) is 0 Å². The molecule has 0 saturated carbocycles. The Labute approximate surface area is 316 Å². The predicted molar refractivity (Wildman–Crippen MR) is 179 cm³/mol. The number of carbonyl (C=O) groups excluding carboxylic acids is 3. The summed E-state index contributed by atoms with van der Waals surface area (Å²) in [4.78, 5) is 39.0. The van der Waals surface area contributed by atoms with Crippen LogP contribution in [0.2, 0.25) is 0 Å². The number of phenolic OH excluding ortho intramolecular Hbond substituents is 3. The molecule has 4 heterocycles. The van der Waals surface area contributed by atoms with Crippen LogP contribution in [0, 0.1) is 11.8 Å². The van der Waals surface area contributed by atoms with Crippen LogP contribution in [0.5, 0.6) is 23.0 Å². The van der Waals surface area contributed by atoms with E-state index in [0.717, 1.165) is 30.5 Å². The van der Waals surface area contributed by atoms with E-state index in [2.05, 4.69) is 6.58 Å². The molecule has 20 nitrogen and oxygen atoms in total. The lowest BCUT2D eigenvalue weighted by atomic mass is 9.81. The third-order valence-electron chi connectivity index (χ3n) is 9.74. The summed E-state index contributed by atoms with van der Waals surface area (Å²) in [5.41, 5.74) is -0.758. The lowest BCUT2D eigenvalue weighted by molar-refractivity contribution is -0.338. The van der Waals surface area contributed by atoms with Crippen molar-refractivity contribution in [3.05, 3.63) is 72.0 Å². The number of para-hydroxylation sites is 2. The number of cyclic esters (lactones) is 1. The van der Waals surface area contributed by atoms with Gasteiger partial charge in [-0.3, -0.25) is 0 Å². The number of hydrogen-bond acceptors (Lipinski definition) is 20. The average Bonchev–Trinajstić information content (AvgIpc) is 3.18. The smallest absolute Gasteiger partial charge is 0.342 e. The van der Waals surface area contributed by atoms with Gasteiger partial charge in [-0.2, -0.15) is 0 Å². The highest BCUT2D eigenvalue weighted by molar-refractivity contribution is 5.94. The first kappa shape index (κ1) is 40.6. The number of esters is 3. The van der Waals surface area contributed by atoms with Gasteiger partial charge >= 0.3 is 17.9 Å². The fourth-order valence-corrected chi connectivity index (χ4v) is 6.64. The Kier molecular flexibility index (Phi) is 12.3. The zero-order valence-electron chi connectivity index (χ0n) is 29.2.